The summed E-state index contributed by atoms with van der Waals surface area (Å²) in [5, 5.41) is 13.0. The number of para-hydroxylation sites is 2. The molecule has 1 aliphatic heterocycles. The highest BCUT2D eigenvalue weighted by molar-refractivity contribution is 5.99. The van der Waals surface area contributed by atoms with E-state index in [-0.39, 0.29) is 6.54 Å². The van der Waals surface area contributed by atoms with E-state index < -0.39 is 47.1 Å². The van der Waals surface area contributed by atoms with Crippen molar-refractivity contribution in [1.29, 1.82) is 0 Å². The standard InChI is InChI=1S/C17H15N3O8/c1-18-16(22)13-8-19(10-4-2-3-5-11(10)27-13)14(21)9-26-17(23)12-6-7-15(28-12)20(24)25/h2-7,13H,8-9H2,1H3,(H,18,22). The minimum atomic E-state index is -1.02. The topological polar surface area (TPSA) is 141 Å². The van der Waals surface area contributed by atoms with E-state index in [0.717, 1.165) is 12.1 Å². The Morgan fingerprint density at radius 1 is 1.29 bits per heavy atom. The molecule has 2 amide bonds. The van der Waals surface area contributed by atoms with E-state index in [2.05, 4.69) is 5.32 Å². The van der Waals surface area contributed by atoms with Crippen LogP contribution in [0.1, 0.15) is 10.6 Å². The Balaban J connectivity index is 1.71. The minimum Gasteiger partial charge on any atom is -0.477 e. The third-order valence-electron chi connectivity index (χ3n) is 3.91. The third kappa shape index (κ3) is 3.77. The molecule has 0 fully saturated rings. The molecule has 0 spiro atoms. The second kappa shape index (κ2) is 7.78. The molecule has 0 aliphatic carbocycles. The number of amides is 2. The molecule has 0 saturated carbocycles. The predicted octanol–water partition coefficient (Wildman–Crippen LogP) is 0.885. The maximum absolute atomic E-state index is 12.6. The molecule has 1 N–H and O–H groups in total. The van der Waals surface area contributed by atoms with Gasteiger partial charge in [0.15, 0.2) is 12.7 Å². The number of likely N-dealkylation sites (N-methyl/N-ethyl adjacent to an activating group) is 1. The summed E-state index contributed by atoms with van der Waals surface area (Å²) in [7, 11) is 1.45. The summed E-state index contributed by atoms with van der Waals surface area (Å²) in [6.07, 6.45) is -0.924. The number of anilines is 1. The average molecular weight is 389 g/mol. The molecule has 2 aromatic rings. The molecular weight excluding hydrogens is 374 g/mol. The Kier molecular flexibility index (Phi) is 5.25. The van der Waals surface area contributed by atoms with Gasteiger partial charge in [-0.2, -0.15) is 0 Å². The first-order chi connectivity index (χ1) is 13.4. The number of carbonyl (C=O) groups is 3. The van der Waals surface area contributed by atoms with E-state index in [1.54, 1.807) is 24.3 Å². The number of nitro groups is 1. The van der Waals surface area contributed by atoms with Crippen LogP contribution in [0.5, 0.6) is 5.75 Å². The molecule has 1 aromatic heterocycles. The number of hydrogen-bond donors (Lipinski definition) is 1. The number of rotatable bonds is 5. The Labute approximate surface area is 158 Å². The number of esters is 1. The van der Waals surface area contributed by atoms with Crippen molar-refractivity contribution in [2.75, 3.05) is 25.1 Å². The zero-order chi connectivity index (χ0) is 20.3. The molecule has 1 unspecified atom stereocenters. The molecule has 0 saturated heterocycles. The highest BCUT2D eigenvalue weighted by Gasteiger charge is 2.33. The van der Waals surface area contributed by atoms with Gasteiger partial charge < -0.3 is 24.1 Å². The van der Waals surface area contributed by atoms with Gasteiger partial charge in [-0.05, 0) is 18.2 Å². The summed E-state index contributed by atoms with van der Waals surface area (Å²) in [6, 6.07) is 8.71. The van der Waals surface area contributed by atoms with Gasteiger partial charge in [-0.1, -0.05) is 12.1 Å². The Morgan fingerprint density at radius 3 is 2.71 bits per heavy atom. The van der Waals surface area contributed by atoms with E-state index in [1.165, 1.54) is 11.9 Å². The quantitative estimate of drug-likeness (QED) is 0.451. The van der Waals surface area contributed by atoms with Crippen LogP contribution in [-0.4, -0.2) is 49.0 Å². The van der Waals surface area contributed by atoms with Crippen molar-refractivity contribution in [3.8, 4) is 5.75 Å². The summed E-state index contributed by atoms with van der Waals surface area (Å²) in [5.74, 6) is -2.71. The van der Waals surface area contributed by atoms with Crippen LogP contribution >= 0.6 is 0 Å². The van der Waals surface area contributed by atoms with Crippen molar-refractivity contribution in [2.45, 2.75) is 6.10 Å². The van der Waals surface area contributed by atoms with E-state index in [0.29, 0.717) is 11.4 Å². The van der Waals surface area contributed by atoms with E-state index in [4.69, 9.17) is 13.9 Å². The number of benzene rings is 1. The van der Waals surface area contributed by atoms with Crippen LogP contribution in [0.15, 0.2) is 40.8 Å². The molecular formula is C17H15N3O8. The molecule has 3 rings (SSSR count). The number of fused-ring (bicyclic) bond motifs is 1. The van der Waals surface area contributed by atoms with Gasteiger partial charge in [0.1, 0.15) is 10.7 Å². The van der Waals surface area contributed by atoms with Crippen molar-refractivity contribution in [3.63, 3.8) is 0 Å². The van der Waals surface area contributed by atoms with Crippen molar-refractivity contribution in [1.82, 2.24) is 5.32 Å². The summed E-state index contributed by atoms with van der Waals surface area (Å²) >= 11 is 0. The number of furan rings is 1. The molecule has 11 nitrogen and oxygen atoms in total. The van der Waals surface area contributed by atoms with Gasteiger partial charge in [-0.15, -0.1) is 0 Å². The zero-order valence-electron chi connectivity index (χ0n) is 14.6. The van der Waals surface area contributed by atoms with Gasteiger partial charge in [0.25, 0.3) is 11.8 Å². The largest absolute Gasteiger partial charge is 0.477 e. The second-order valence-corrected chi connectivity index (χ2v) is 5.66. The maximum atomic E-state index is 12.6. The smallest absolute Gasteiger partial charge is 0.433 e. The Morgan fingerprint density at radius 2 is 2.04 bits per heavy atom. The fourth-order valence-corrected chi connectivity index (χ4v) is 2.58. The van der Waals surface area contributed by atoms with Crippen molar-refractivity contribution in [3.05, 3.63) is 52.3 Å². The van der Waals surface area contributed by atoms with Gasteiger partial charge in [-0.25, -0.2) is 4.79 Å². The minimum absolute atomic E-state index is 0.0701. The highest BCUT2D eigenvalue weighted by atomic mass is 16.7. The highest BCUT2D eigenvalue weighted by Crippen LogP contribution is 2.33. The van der Waals surface area contributed by atoms with Crippen molar-refractivity contribution in [2.24, 2.45) is 0 Å². The SMILES string of the molecule is CNC(=O)C1CN(C(=O)COC(=O)c2ccc([N+](=O)[O-])o2)c2ccccc2O1. The maximum Gasteiger partial charge on any atom is 0.433 e. The first kappa shape index (κ1) is 18.9. The zero-order valence-corrected chi connectivity index (χ0v) is 14.6. The number of hydrogen-bond acceptors (Lipinski definition) is 8. The van der Waals surface area contributed by atoms with Crippen LogP contribution in [0.4, 0.5) is 11.6 Å². The van der Waals surface area contributed by atoms with Gasteiger partial charge in [-0.3, -0.25) is 19.7 Å². The lowest BCUT2D eigenvalue weighted by Crippen LogP contribution is -2.51. The molecule has 2 heterocycles. The lowest BCUT2D eigenvalue weighted by Gasteiger charge is -2.33. The predicted molar refractivity (Wildman–Crippen MR) is 92.9 cm³/mol. The van der Waals surface area contributed by atoms with Crippen LogP contribution in [-0.2, 0) is 14.3 Å². The first-order valence-corrected chi connectivity index (χ1v) is 8.09. The third-order valence-corrected chi connectivity index (χ3v) is 3.91. The summed E-state index contributed by atoms with van der Waals surface area (Å²) in [6.45, 7) is -0.721. The molecule has 1 aromatic carbocycles. The van der Waals surface area contributed by atoms with E-state index >= 15 is 0 Å². The van der Waals surface area contributed by atoms with E-state index in [1.807, 2.05) is 0 Å². The molecule has 1 atom stereocenters. The fourth-order valence-electron chi connectivity index (χ4n) is 2.58. The molecule has 0 bridgehead atoms. The van der Waals surface area contributed by atoms with Crippen LogP contribution in [0.25, 0.3) is 0 Å². The van der Waals surface area contributed by atoms with Crippen LogP contribution in [0.3, 0.4) is 0 Å². The van der Waals surface area contributed by atoms with Gasteiger partial charge in [0.2, 0.25) is 5.76 Å². The molecule has 28 heavy (non-hydrogen) atoms. The lowest BCUT2D eigenvalue weighted by molar-refractivity contribution is -0.402. The summed E-state index contributed by atoms with van der Waals surface area (Å²) in [4.78, 5) is 47.5. The van der Waals surface area contributed by atoms with Crippen LogP contribution in [0.2, 0.25) is 0 Å². The first-order valence-electron chi connectivity index (χ1n) is 8.09. The lowest BCUT2D eigenvalue weighted by atomic mass is 10.1. The normalized spacial score (nSPS) is 15.2. The van der Waals surface area contributed by atoms with Gasteiger partial charge >= 0.3 is 11.9 Å². The molecule has 146 valence electrons. The second-order valence-electron chi connectivity index (χ2n) is 5.66. The number of nitrogens with zero attached hydrogens (tertiary/aromatic N) is 2. The monoisotopic (exact) mass is 389 g/mol. The number of ether oxygens (including phenoxy) is 2. The van der Waals surface area contributed by atoms with Crippen LogP contribution < -0.4 is 15.0 Å². The molecule has 11 heteroatoms. The van der Waals surface area contributed by atoms with Crippen molar-refractivity contribution >= 4 is 29.4 Å². The Bertz CT molecular complexity index is 938. The van der Waals surface area contributed by atoms with Crippen molar-refractivity contribution < 1.29 is 33.2 Å². The average Bonchev–Trinajstić information content (AvgIpc) is 3.21. The summed E-state index contributed by atoms with van der Waals surface area (Å²) in [5.41, 5.74) is 0.428. The fraction of sp³-hybridized carbons (Fsp3) is 0.235. The molecule has 0 radical (unpaired) electrons. The van der Waals surface area contributed by atoms with Crippen LogP contribution in [0, 0.1) is 10.1 Å². The number of carbonyl (C=O) groups excluding carboxylic acids is 3. The van der Waals surface area contributed by atoms with E-state index in [9.17, 15) is 24.5 Å². The number of nitrogens with one attached hydrogen (secondary N) is 1. The summed E-state index contributed by atoms with van der Waals surface area (Å²) < 4.78 is 15.2. The van der Waals surface area contributed by atoms with Gasteiger partial charge in [0.05, 0.1) is 18.3 Å². The molecule has 1 aliphatic rings. The Hall–Kier alpha value is -3.89. The van der Waals surface area contributed by atoms with Gasteiger partial charge in [0, 0.05) is 7.05 Å².